The van der Waals surface area contributed by atoms with Gasteiger partial charge in [-0.2, -0.15) is 5.26 Å². The van der Waals surface area contributed by atoms with Gasteiger partial charge in [-0.1, -0.05) is 134 Å². The van der Waals surface area contributed by atoms with Crippen molar-refractivity contribution in [3.8, 4) is 11.8 Å². The number of benzene rings is 6. The number of carbonyl (C=O) groups excluding carboxylic acids is 3. The van der Waals surface area contributed by atoms with Crippen molar-refractivity contribution in [2.24, 2.45) is 10.8 Å². The van der Waals surface area contributed by atoms with Gasteiger partial charge in [-0.05, 0) is 143 Å². The Kier molecular flexibility index (Phi) is 17.9. The number of Topliss-reactive ketones (excluding diaryl/α,β-unsaturated/α-hetero) is 1. The molecule has 0 radical (unpaired) electrons. The molecule has 3 N–H and O–H groups in total. The second kappa shape index (κ2) is 24.2. The number of nitriles is 1. The minimum Gasteiger partial charge on any atom is -0.470 e. The summed E-state index contributed by atoms with van der Waals surface area (Å²) >= 11 is 6.66. The SMILES string of the molecule is Cc1cc(N(C(=O)OCc2ccc(OC(C(=O)Nc3cc(Cc4ccc(NS(C)(=O)=O)c5ccccc45)ccc3Cl)C(=O)C(C)(C)C)c(NS(C)(=O)=O)c2)C2CCCC2)ccc1/C=C(\C#N)c1nc2cc(C(C)(C)CC(C)(C)C)ccc2o1. The molecule has 1 aliphatic rings. The molecule has 0 saturated heterocycles. The fourth-order valence-electron chi connectivity index (χ4n) is 10.8. The molecule has 8 rings (SSSR count). The van der Waals surface area contributed by atoms with Gasteiger partial charge < -0.3 is 19.2 Å². The van der Waals surface area contributed by atoms with Crippen LogP contribution in [0.1, 0.15) is 127 Å². The molecule has 1 aliphatic carbocycles. The highest BCUT2D eigenvalue weighted by molar-refractivity contribution is 7.92. The molecule has 1 atom stereocenters. The minimum atomic E-state index is -3.98. The average molecular weight is 1180 g/mol. The number of allylic oxidation sites excluding steroid dienone is 1. The summed E-state index contributed by atoms with van der Waals surface area (Å²) in [6, 6.07) is 33.9. The van der Waals surface area contributed by atoms with Crippen molar-refractivity contribution in [2.45, 2.75) is 125 Å². The summed E-state index contributed by atoms with van der Waals surface area (Å²) in [7, 11) is -7.53. The molecule has 16 nitrogen and oxygen atoms in total. The highest BCUT2D eigenvalue weighted by Crippen LogP contribution is 2.39. The van der Waals surface area contributed by atoms with Crippen LogP contribution < -0.4 is 24.4 Å². The number of ketones is 1. The second-order valence-electron chi connectivity index (χ2n) is 24.4. The first-order valence-corrected chi connectivity index (χ1v) is 31.5. The number of nitrogens with one attached hydrogen (secondary N) is 3. The van der Waals surface area contributed by atoms with Crippen molar-refractivity contribution in [1.29, 1.82) is 5.26 Å². The zero-order valence-corrected chi connectivity index (χ0v) is 51.1. The molecule has 1 saturated carbocycles. The number of aryl methyl sites for hydroxylation is 1. The first kappa shape index (κ1) is 61.4. The number of anilines is 4. The van der Waals surface area contributed by atoms with Crippen LogP contribution in [0.2, 0.25) is 5.02 Å². The lowest BCUT2D eigenvalue weighted by Gasteiger charge is -2.32. The van der Waals surface area contributed by atoms with Gasteiger partial charge in [-0.15, -0.1) is 0 Å². The number of oxazole rings is 1. The number of hydrogen-bond donors (Lipinski definition) is 3. The Balaban J connectivity index is 1.01. The molecule has 83 heavy (non-hydrogen) atoms. The van der Waals surface area contributed by atoms with Crippen LogP contribution in [-0.4, -0.2) is 64.3 Å². The maximum Gasteiger partial charge on any atom is 0.414 e. The zero-order valence-electron chi connectivity index (χ0n) is 48.7. The Bertz CT molecular complexity index is 3960. The van der Waals surface area contributed by atoms with Crippen molar-refractivity contribution < 1.29 is 45.1 Å². The molecule has 6 aromatic carbocycles. The molecular formula is C64H71ClN6O10S2. The predicted octanol–water partition coefficient (Wildman–Crippen LogP) is 14.1. The van der Waals surface area contributed by atoms with E-state index >= 15 is 0 Å². The number of halogens is 1. The van der Waals surface area contributed by atoms with Crippen molar-refractivity contribution >= 4 is 106 Å². The minimum absolute atomic E-state index is 0.114. The number of rotatable bonds is 19. The van der Waals surface area contributed by atoms with E-state index in [2.05, 4.69) is 61.5 Å². The van der Waals surface area contributed by atoms with Crippen LogP contribution >= 0.6 is 11.6 Å². The number of nitrogens with zero attached hydrogens (tertiary/aromatic N) is 3. The number of amides is 2. The average Bonchev–Trinajstić information content (AvgIpc) is 3.95. The lowest BCUT2D eigenvalue weighted by atomic mass is 9.72. The normalized spacial score (nSPS) is 14.0. The largest absolute Gasteiger partial charge is 0.470 e. The third-order valence-corrected chi connectivity index (χ3v) is 15.9. The predicted molar refractivity (Wildman–Crippen MR) is 330 cm³/mol. The van der Waals surface area contributed by atoms with Crippen LogP contribution in [0.3, 0.4) is 0 Å². The van der Waals surface area contributed by atoms with E-state index in [4.69, 9.17) is 30.5 Å². The Morgan fingerprint density at radius 2 is 1.47 bits per heavy atom. The Morgan fingerprint density at radius 1 is 0.807 bits per heavy atom. The lowest BCUT2D eigenvalue weighted by Crippen LogP contribution is -2.45. The van der Waals surface area contributed by atoms with Crippen LogP contribution in [0, 0.1) is 29.1 Å². The van der Waals surface area contributed by atoms with Crippen LogP contribution in [0.25, 0.3) is 33.5 Å². The van der Waals surface area contributed by atoms with Gasteiger partial charge in [0.05, 0.1) is 34.6 Å². The highest BCUT2D eigenvalue weighted by atomic mass is 35.5. The summed E-state index contributed by atoms with van der Waals surface area (Å²) < 4.78 is 73.3. The summed E-state index contributed by atoms with van der Waals surface area (Å²) in [5.41, 5.74) is 6.07. The molecule has 0 spiro atoms. The lowest BCUT2D eigenvalue weighted by molar-refractivity contribution is -0.140. The Hall–Kier alpha value is -7.72. The maximum atomic E-state index is 14.3. The van der Waals surface area contributed by atoms with Crippen molar-refractivity contribution in [3.63, 3.8) is 0 Å². The van der Waals surface area contributed by atoms with Gasteiger partial charge in [0, 0.05) is 22.5 Å². The highest BCUT2D eigenvalue weighted by Gasteiger charge is 2.38. The van der Waals surface area contributed by atoms with E-state index in [0.29, 0.717) is 39.8 Å². The summed E-state index contributed by atoms with van der Waals surface area (Å²) in [6.45, 7) is 17.6. The van der Waals surface area contributed by atoms with E-state index in [1.807, 2.05) is 67.6 Å². The number of hydrogen-bond acceptors (Lipinski definition) is 12. The fraction of sp³-hybridized carbons (Fsp3) is 0.359. The molecule has 1 aromatic heterocycles. The number of sulfonamides is 2. The van der Waals surface area contributed by atoms with Crippen LogP contribution in [0.15, 0.2) is 114 Å². The third-order valence-electron chi connectivity index (χ3n) is 14.4. The molecule has 0 aliphatic heterocycles. The van der Waals surface area contributed by atoms with Gasteiger partial charge in [0.15, 0.2) is 11.4 Å². The van der Waals surface area contributed by atoms with Crippen molar-refractivity contribution in [2.75, 3.05) is 32.2 Å². The van der Waals surface area contributed by atoms with E-state index in [1.54, 1.807) is 62.1 Å². The molecule has 2 amide bonds. The van der Waals surface area contributed by atoms with E-state index in [1.165, 1.54) is 12.1 Å². The first-order valence-electron chi connectivity index (χ1n) is 27.3. The third kappa shape index (κ3) is 15.5. The number of ether oxygens (including phenoxy) is 2. The zero-order chi connectivity index (χ0) is 60.4. The van der Waals surface area contributed by atoms with E-state index in [-0.39, 0.29) is 57.1 Å². The van der Waals surface area contributed by atoms with E-state index in [9.17, 15) is 36.5 Å². The number of aromatic nitrogens is 1. The van der Waals surface area contributed by atoms with Crippen LogP contribution in [0.5, 0.6) is 5.75 Å². The van der Waals surface area contributed by atoms with Gasteiger partial charge >= 0.3 is 6.09 Å². The van der Waals surface area contributed by atoms with Gasteiger partial charge in [-0.25, -0.2) is 26.6 Å². The van der Waals surface area contributed by atoms with E-state index < -0.39 is 49.3 Å². The summed E-state index contributed by atoms with van der Waals surface area (Å²) in [6.07, 6.45) is 5.96. The van der Waals surface area contributed by atoms with Gasteiger partial charge in [0.2, 0.25) is 32.0 Å². The summed E-state index contributed by atoms with van der Waals surface area (Å²) in [5.74, 6) is -1.45. The number of carbonyl (C=O) groups is 3. The first-order chi connectivity index (χ1) is 38.8. The molecule has 7 aromatic rings. The molecule has 1 unspecified atom stereocenters. The maximum absolute atomic E-state index is 14.3. The van der Waals surface area contributed by atoms with Gasteiger partial charge in [0.1, 0.15) is 29.5 Å². The molecule has 19 heteroatoms. The quantitative estimate of drug-likeness (QED) is 0.0508. The van der Waals surface area contributed by atoms with Crippen molar-refractivity contribution in [3.05, 3.63) is 153 Å². The molecule has 1 fully saturated rings. The summed E-state index contributed by atoms with van der Waals surface area (Å²) in [5, 5.41) is 14.8. The number of fused-ring (bicyclic) bond motifs is 2. The molecular weight excluding hydrogens is 1110 g/mol. The Morgan fingerprint density at radius 3 is 2.12 bits per heavy atom. The Labute approximate surface area is 491 Å². The summed E-state index contributed by atoms with van der Waals surface area (Å²) in [4.78, 5) is 49.1. The van der Waals surface area contributed by atoms with Gasteiger partial charge in [-0.3, -0.25) is 23.9 Å². The monoisotopic (exact) mass is 1180 g/mol. The van der Waals surface area contributed by atoms with E-state index in [0.717, 1.165) is 77.8 Å². The van der Waals surface area contributed by atoms with Crippen LogP contribution in [-0.2, 0) is 52.8 Å². The van der Waals surface area contributed by atoms with Gasteiger partial charge in [0.25, 0.3) is 5.91 Å². The topological polar surface area (TPSA) is 227 Å². The smallest absolute Gasteiger partial charge is 0.414 e. The molecule has 0 bridgehead atoms. The standard InChI is InChI=1S/C64H71ClN6O10S2/c1-39-30-47(25-22-42(39)34-44(36-66)60-68-53-35-45(24-29-55(53)81-60)64(8,9)38-62(2,3)4)71(46-16-12-13-17-46)61(74)79-37-41-21-28-56(54(33-41)70-83(11,77)78)80-57(58(72)63(5,6)7)59(73)67-52-32-40(20-26-50(52)65)31-43-23-27-51(69-82(10,75)76)49-19-15-14-18-48(43)49/h14-15,18-30,32-35,46,57,69-70H,12-13,16-17,31,37-38H2,1-11H3,(H,67,73)/b44-34+. The van der Waals surface area contributed by atoms with Crippen LogP contribution in [0.4, 0.5) is 27.5 Å². The van der Waals surface area contributed by atoms with Crippen molar-refractivity contribution in [1.82, 2.24) is 4.98 Å². The second-order valence-corrected chi connectivity index (χ2v) is 28.3. The molecule has 1 heterocycles. The molecule has 436 valence electrons. The fourth-order valence-corrected chi connectivity index (χ4v) is 12.1.